The van der Waals surface area contributed by atoms with Crippen LogP contribution in [0.3, 0.4) is 0 Å². The zero-order valence-corrected chi connectivity index (χ0v) is 11.1. The largest absolute Gasteiger partial charge is 0.481 e. The number of aromatic nitrogens is 2. The first-order chi connectivity index (χ1) is 8.59. The number of unbranched alkanes of at least 4 members (excludes halogenated alkanes) is 3. The van der Waals surface area contributed by atoms with E-state index in [1.54, 1.807) is 6.20 Å². The van der Waals surface area contributed by atoms with Gasteiger partial charge in [0.15, 0.2) is 0 Å². The lowest BCUT2D eigenvalue weighted by atomic mass is 10.1. The first-order valence-electron chi connectivity index (χ1n) is 6.35. The Labute approximate surface area is 108 Å². The topological polar surface area (TPSA) is 75.1 Å². The van der Waals surface area contributed by atoms with Gasteiger partial charge in [-0.25, -0.2) is 4.98 Å². The lowest BCUT2D eigenvalue weighted by Crippen LogP contribution is -2.05. The molecule has 0 saturated carbocycles. The number of hydrogen-bond donors (Lipinski definition) is 2. The van der Waals surface area contributed by atoms with Crippen molar-refractivity contribution in [2.45, 2.75) is 46.0 Å². The Balaban J connectivity index is 2.10. The molecule has 0 amide bonds. The highest BCUT2D eigenvalue weighted by atomic mass is 16.4. The maximum Gasteiger partial charge on any atom is 0.303 e. The van der Waals surface area contributed by atoms with Crippen molar-refractivity contribution in [2.75, 3.05) is 11.9 Å². The molecule has 0 aliphatic heterocycles. The van der Waals surface area contributed by atoms with Crippen molar-refractivity contribution in [1.29, 1.82) is 0 Å². The number of aliphatic carboxylic acids is 1. The number of nitrogens with one attached hydrogen (secondary N) is 1. The van der Waals surface area contributed by atoms with Crippen molar-refractivity contribution >= 4 is 11.8 Å². The van der Waals surface area contributed by atoms with Crippen LogP contribution in [0.2, 0.25) is 0 Å². The monoisotopic (exact) mass is 251 g/mol. The molecule has 18 heavy (non-hydrogen) atoms. The third kappa shape index (κ3) is 5.61. The second kappa shape index (κ2) is 7.63. The van der Waals surface area contributed by atoms with Crippen LogP contribution >= 0.6 is 0 Å². The highest BCUT2D eigenvalue weighted by Crippen LogP contribution is 2.07. The first-order valence-corrected chi connectivity index (χ1v) is 6.35. The molecule has 2 N–H and O–H groups in total. The van der Waals surface area contributed by atoms with Crippen molar-refractivity contribution in [3.8, 4) is 0 Å². The van der Waals surface area contributed by atoms with Crippen molar-refractivity contribution in [3.63, 3.8) is 0 Å². The summed E-state index contributed by atoms with van der Waals surface area (Å²) < 4.78 is 0. The Hall–Kier alpha value is -1.65. The Morgan fingerprint density at radius 2 is 1.94 bits per heavy atom. The molecule has 0 fully saturated rings. The minimum absolute atomic E-state index is 0.274. The van der Waals surface area contributed by atoms with Gasteiger partial charge in [-0.1, -0.05) is 12.8 Å². The van der Waals surface area contributed by atoms with E-state index in [2.05, 4.69) is 15.3 Å². The summed E-state index contributed by atoms with van der Waals surface area (Å²) in [5.41, 5.74) is 1.90. The molecule has 100 valence electrons. The van der Waals surface area contributed by atoms with Crippen LogP contribution in [-0.4, -0.2) is 27.6 Å². The van der Waals surface area contributed by atoms with Crippen LogP contribution in [0.25, 0.3) is 0 Å². The van der Waals surface area contributed by atoms with Gasteiger partial charge in [0.1, 0.15) is 5.82 Å². The van der Waals surface area contributed by atoms with E-state index in [0.29, 0.717) is 0 Å². The zero-order valence-electron chi connectivity index (χ0n) is 11.1. The van der Waals surface area contributed by atoms with Crippen molar-refractivity contribution in [1.82, 2.24) is 9.97 Å². The minimum Gasteiger partial charge on any atom is -0.481 e. The predicted octanol–water partition coefficient (Wildman–Crippen LogP) is 2.54. The van der Waals surface area contributed by atoms with Crippen molar-refractivity contribution in [3.05, 3.63) is 17.6 Å². The third-order valence-electron chi connectivity index (χ3n) is 2.82. The lowest BCUT2D eigenvalue weighted by molar-refractivity contribution is -0.137. The number of hydrogen-bond acceptors (Lipinski definition) is 4. The minimum atomic E-state index is -0.710. The quantitative estimate of drug-likeness (QED) is 0.694. The van der Waals surface area contributed by atoms with Gasteiger partial charge >= 0.3 is 5.97 Å². The molecular formula is C13H21N3O2. The van der Waals surface area contributed by atoms with E-state index in [1.807, 2.05) is 13.8 Å². The average Bonchev–Trinajstić information content (AvgIpc) is 2.32. The molecular weight excluding hydrogens is 230 g/mol. The molecule has 5 heteroatoms. The van der Waals surface area contributed by atoms with E-state index in [1.165, 1.54) is 0 Å². The van der Waals surface area contributed by atoms with Crippen molar-refractivity contribution in [2.24, 2.45) is 0 Å². The molecule has 1 heterocycles. The van der Waals surface area contributed by atoms with Crippen LogP contribution in [0.5, 0.6) is 0 Å². The van der Waals surface area contributed by atoms with Crippen LogP contribution in [-0.2, 0) is 4.79 Å². The Morgan fingerprint density at radius 1 is 1.22 bits per heavy atom. The van der Waals surface area contributed by atoms with Crippen LogP contribution in [0.1, 0.15) is 43.5 Å². The number of aryl methyl sites for hydroxylation is 2. The summed E-state index contributed by atoms with van der Waals surface area (Å²) in [5, 5.41) is 11.7. The summed E-state index contributed by atoms with van der Waals surface area (Å²) >= 11 is 0. The number of nitrogens with zero attached hydrogens (tertiary/aromatic N) is 2. The van der Waals surface area contributed by atoms with Gasteiger partial charge in [0, 0.05) is 13.0 Å². The fourth-order valence-corrected chi connectivity index (χ4v) is 1.60. The average molecular weight is 251 g/mol. The lowest BCUT2D eigenvalue weighted by Gasteiger charge is -2.06. The molecule has 0 radical (unpaired) electrons. The summed E-state index contributed by atoms with van der Waals surface area (Å²) in [6.45, 7) is 4.73. The second-order valence-electron chi connectivity index (χ2n) is 4.41. The molecule has 1 rings (SSSR count). The first kappa shape index (κ1) is 14.4. The fourth-order valence-electron chi connectivity index (χ4n) is 1.60. The molecule has 5 nitrogen and oxygen atoms in total. The highest BCUT2D eigenvalue weighted by molar-refractivity contribution is 5.66. The van der Waals surface area contributed by atoms with Gasteiger partial charge in [0.2, 0.25) is 0 Å². The second-order valence-corrected chi connectivity index (χ2v) is 4.41. The van der Waals surface area contributed by atoms with Crippen LogP contribution in [0.15, 0.2) is 6.20 Å². The number of carboxylic acids is 1. The Kier molecular flexibility index (Phi) is 6.11. The number of rotatable bonds is 8. The molecule has 0 unspecified atom stereocenters. The summed E-state index contributed by atoms with van der Waals surface area (Å²) in [7, 11) is 0. The molecule has 0 aliphatic carbocycles. The SMILES string of the molecule is Cc1ncc(NCCCCCCC(=O)O)nc1C. The van der Waals surface area contributed by atoms with Gasteiger partial charge < -0.3 is 10.4 Å². The molecule has 1 aromatic heterocycles. The fraction of sp³-hybridized carbons (Fsp3) is 0.615. The summed E-state index contributed by atoms with van der Waals surface area (Å²) in [4.78, 5) is 18.9. The Morgan fingerprint density at radius 3 is 2.61 bits per heavy atom. The maximum absolute atomic E-state index is 10.3. The van der Waals surface area contributed by atoms with E-state index in [4.69, 9.17) is 5.11 Å². The van der Waals surface area contributed by atoms with Gasteiger partial charge in [0.05, 0.1) is 17.6 Å². The third-order valence-corrected chi connectivity index (χ3v) is 2.82. The van der Waals surface area contributed by atoms with Crippen LogP contribution in [0.4, 0.5) is 5.82 Å². The smallest absolute Gasteiger partial charge is 0.303 e. The highest BCUT2D eigenvalue weighted by Gasteiger charge is 1.99. The molecule has 0 atom stereocenters. The zero-order chi connectivity index (χ0) is 13.4. The number of anilines is 1. The number of carboxylic acid groups (broad SMARTS) is 1. The summed E-state index contributed by atoms with van der Waals surface area (Å²) in [5.74, 6) is 0.0992. The van der Waals surface area contributed by atoms with Crippen LogP contribution in [0, 0.1) is 13.8 Å². The van der Waals surface area contributed by atoms with E-state index in [-0.39, 0.29) is 6.42 Å². The molecule has 0 saturated heterocycles. The van der Waals surface area contributed by atoms with Crippen LogP contribution < -0.4 is 5.32 Å². The van der Waals surface area contributed by atoms with E-state index >= 15 is 0 Å². The van der Waals surface area contributed by atoms with E-state index in [0.717, 1.165) is 49.4 Å². The molecule has 0 spiro atoms. The molecule has 0 bridgehead atoms. The van der Waals surface area contributed by atoms with E-state index in [9.17, 15) is 4.79 Å². The maximum atomic E-state index is 10.3. The van der Waals surface area contributed by atoms with Gasteiger partial charge in [-0.05, 0) is 26.7 Å². The number of carbonyl (C=O) groups is 1. The standard InChI is InChI=1S/C13H21N3O2/c1-10-11(2)16-12(9-15-10)14-8-6-4-3-5-7-13(17)18/h9H,3-8H2,1-2H3,(H,14,16)(H,17,18). The molecule has 0 aromatic carbocycles. The normalized spacial score (nSPS) is 10.3. The molecule has 1 aromatic rings. The van der Waals surface area contributed by atoms with Gasteiger partial charge in [-0.15, -0.1) is 0 Å². The molecule has 0 aliphatic rings. The van der Waals surface area contributed by atoms with Gasteiger partial charge in [-0.2, -0.15) is 0 Å². The Bertz CT molecular complexity index is 394. The van der Waals surface area contributed by atoms with Gasteiger partial charge in [-0.3, -0.25) is 9.78 Å². The summed E-state index contributed by atoms with van der Waals surface area (Å²) in [6, 6.07) is 0. The van der Waals surface area contributed by atoms with Gasteiger partial charge in [0.25, 0.3) is 0 Å². The van der Waals surface area contributed by atoms with Crippen molar-refractivity contribution < 1.29 is 9.90 Å². The predicted molar refractivity (Wildman–Crippen MR) is 70.7 cm³/mol. The summed E-state index contributed by atoms with van der Waals surface area (Å²) in [6.07, 6.45) is 5.81. The van der Waals surface area contributed by atoms with E-state index < -0.39 is 5.97 Å².